The van der Waals surface area contributed by atoms with Crippen LogP contribution >= 0.6 is 0 Å². The lowest BCUT2D eigenvalue weighted by Crippen LogP contribution is -2.55. The van der Waals surface area contributed by atoms with Gasteiger partial charge in [-0.3, -0.25) is 14.5 Å². The Morgan fingerprint density at radius 2 is 1.71 bits per heavy atom. The van der Waals surface area contributed by atoms with Gasteiger partial charge in [-0.1, -0.05) is 6.07 Å². The number of nitrogens with zero attached hydrogens (tertiary/aromatic N) is 2. The number of hydrogen-bond acceptors (Lipinski definition) is 3. The molecule has 0 aromatic heterocycles. The van der Waals surface area contributed by atoms with Gasteiger partial charge in [0.1, 0.15) is 0 Å². The van der Waals surface area contributed by atoms with Gasteiger partial charge >= 0.3 is 0 Å². The average molecular weight is 434 g/mol. The van der Waals surface area contributed by atoms with E-state index in [0.717, 1.165) is 57.7 Å². The SMILES string of the molecule is CC(C)([C@@H](NC(=O)[C@@H]1CCCN(C(=O)C2CC2)C1)c1ccc(F)c(F)c1)N1CCCC1. The smallest absolute Gasteiger partial charge is 0.225 e. The summed E-state index contributed by atoms with van der Waals surface area (Å²) in [6.07, 6.45) is 5.62. The van der Waals surface area contributed by atoms with Crippen molar-refractivity contribution in [3.05, 3.63) is 35.4 Å². The summed E-state index contributed by atoms with van der Waals surface area (Å²) in [4.78, 5) is 29.9. The molecule has 7 heteroatoms. The zero-order valence-corrected chi connectivity index (χ0v) is 18.5. The summed E-state index contributed by atoms with van der Waals surface area (Å²) in [6, 6.07) is 3.40. The van der Waals surface area contributed by atoms with E-state index < -0.39 is 23.2 Å². The summed E-state index contributed by atoms with van der Waals surface area (Å²) >= 11 is 0. The lowest BCUT2D eigenvalue weighted by Gasteiger charge is -2.43. The maximum absolute atomic E-state index is 14.1. The first-order chi connectivity index (χ1) is 14.8. The third-order valence-electron chi connectivity index (χ3n) is 7.22. The summed E-state index contributed by atoms with van der Waals surface area (Å²) in [6.45, 7) is 7.08. The number of piperidine rings is 1. The summed E-state index contributed by atoms with van der Waals surface area (Å²) in [7, 11) is 0. The summed E-state index contributed by atoms with van der Waals surface area (Å²) in [5.41, 5.74) is 0.0973. The van der Waals surface area contributed by atoms with E-state index in [1.807, 2.05) is 18.7 Å². The van der Waals surface area contributed by atoms with Crippen LogP contribution in [0.2, 0.25) is 0 Å². The van der Waals surface area contributed by atoms with Gasteiger partial charge in [0, 0.05) is 24.5 Å². The van der Waals surface area contributed by atoms with Crippen LogP contribution in [-0.4, -0.2) is 53.3 Å². The van der Waals surface area contributed by atoms with Crippen LogP contribution < -0.4 is 5.32 Å². The van der Waals surface area contributed by atoms with Crippen molar-refractivity contribution >= 4 is 11.8 Å². The van der Waals surface area contributed by atoms with Crippen LogP contribution in [0.15, 0.2) is 18.2 Å². The number of carbonyl (C=O) groups is 2. The van der Waals surface area contributed by atoms with Crippen LogP contribution in [0.3, 0.4) is 0 Å². The Kier molecular flexibility index (Phi) is 6.33. The Morgan fingerprint density at radius 3 is 2.35 bits per heavy atom. The van der Waals surface area contributed by atoms with Gasteiger partial charge in [0.2, 0.25) is 11.8 Å². The summed E-state index contributed by atoms with van der Waals surface area (Å²) in [5.74, 6) is -1.88. The van der Waals surface area contributed by atoms with Crippen molar-refractivity contribution in [1.82, 2.24) is 15.1 Å². The Balaban J connectivity index is 1.54. The Morgan fingerprint density at radius 1 is 1.00 bits per heavy atom. The number of halogens is 2. The van der Waals surface area contributed by atoms with E-state index >= 15 is 0 Å². The Bertz CT molecular complexity index is 834. The van der Waals surface area contributed by atoms with Crippen molar-refractivity contribution in [1.29, 1.82) is 0 Å². The molecule has 31 heavy (non-hydrogen) atoms. The Labute approximate surface area is 183 Å². The summed E-state index contributed by atoms with van der Waals surface area (Å²) < 4.78 is 27.7. The van der Waals surface area contributed by atoms with E-state index in [4.69, 9.17) is 0 Å². The van der Waals surface area contributed by atoms with Gasteiger partial charge in [0.05, 0.1) is 12.0 Å². The highest BCUT2D eigenvalue weighted by molar-refractivity contribution is 5.83. The van der Waals surface area contributed by atoms with Gasteiger partial charge in [-0.15, -0.1) is 0 Å². The molecule has 2 heterocycles. The predicted molar refractivity (Wildman–Crippen MR) is 114 cm³/mol. The van der Waals surface area contributed by atoms with E-state index in [1.165, 1.54) is 6.07 Å². The van der Waals surface area contributed by atoms with Crippen molar-refractivity contribution in [3.8, 4) is 0 Å². The van der Waals surface area contributed by atoms with Crippen molar-refractivity contribution in [2.75, 3.05) is 26.2 Å². The minimum Gasteiger partial charge on any atom is -0.347 e. The molecule has 0 bridgehead atoms. The van der Waals surface area contributed by atoms with Crippen LogP contribution in [0.4, 0.5) is 8.78 Å². The molecule has 170 valence electrons. The fraction of sp³-hybridized carbons (Fsp3) is 0.667. The van der Waals surface area contributed by atoms with Gasteiger partial charge in [-0.05, 0) is 83.2 Å². The van der Waals surface area contributed by atoms with Gasteiger partial charge < -0.3 is 10.2 Å². The number of likely N-dealkylation sites (tertiary alicyclic amines) is 2. The van der Waals surface area contributed by atoms with E-state index in [2.05, 4.69) is 10.2 Å². The molecule has 0 spiro atoms. The zero-order chi connectivity index (χ0) is 22.2. The van der Waals surface area contributed by atoms with Crippen molar-refractivity contribution in [2.45, 2.75) is 64.0 Å². The fourth-order valence-corrected chi connectivity index (χ4v) is 5.08. The first-order valence-corrected chi connectivity index (χ1v) is 11.6. The quantitative estimate of drug-likeness (QED) is 0.745. The van der Waals surface area contributed by atoms with E-state index in [9.17, 15) is 18.4 Å². The molecular formula is C24H33F2N3O2. The molecule has 5 nitrogen and oxygen atoms in total. The van der Waals surface area contributed by atoms with Crippen LogP contribution in [0.5, 0.6) is 0 Å². The molecule has 3 aliphatic rings. The second-order valence-corrected chi connectivity index (χ2v) is 9.86. The fourth-order valence-electron chi connectivity index (χ4n) is 5.08. The predicted octanol–water partition coefficient (Wildman–Crippen LogP) is 3.65. The minimum absolute atomic E-state index is 0.115. The molecule has 0 unspecified atom stereocenters. The molecule has 2 amide bonds. The lowest BCUT2D eigenvalue weighted by molar-refractivity contribution is -0.137. The molecule has 4 rings (SSSR count). The van der Waals surface area contributed by atoms with Gasteiger partial charge in [0.15, 0.2) is 11.6 Å². The molecule has 1 aromatic carbocycles. The number of hydrogen-bond donors (Lipinski definition) is 1. The van der Waals surface area contributed by atoms with Gasteiger partial charge in [-0.2, -0.15) is 0 Å². The van der Waals surface area contributed by atoms with Crippen LogP contribution in [0.1, 0.15) is 64.0 Å². The molecule has 1 aliphatic carbocycles. The second-order valence-electron chi connectivity index (χ2n) is 9.86. The maximum Gasteiger partial charge on any atom is 0.225 e. The highest BCUT2D eigenvalue weighted by Gasteiger charge is 2.41. The minimum atomic E-state index is -0.909. The van der Waals surface area contributed by atoms with Crippen LogP contribution in [0, 0.1) is 23.5 Å². The van der Waals surface area contributed by atoms with Gasteiger partial charge in [0.25, 0.3) is 0 Å². The second kappa shape index (κ2) is 8.85. The number of amides is 2. The Hall–Kier alpha value is -2.02. The van der Waals surface area contributed by atoms with Gasteiger partial charge in [-0.25, -0.2) is 8.78 Å². The number of benzene rings is 1. The van der Waals surface area contributed by atoms with E-state index in [-0.39, 0.29) is 23.7 Å². The van der Waals surface area contributed by atoms with Crippen molar-refractivity contribution < 1.29 is 18.4 Å². The highest BCUT2D eigenvalue weighted by atomic mass is 19.2. The van der Waals surface area contributed by atoms with Crippen molar-refractivity contribution in [3.63, 3.8) is 0 Å². The maximum atomic E-state index is 14.1. The molecule has 2 saturated heterocycles. The normalized spacial score (nSPS) is 23.6. The third-order valence-corrected chi connectivity index (χ3v) is 7.22. The highest BCUT2D eigenvalue weighted by Crippen LogP contribution is 2.36. The molecule has 3 fully saturated rings. The standard InChI is InChI=1S/C24H33F2N3O2/c1-24(2,29-12-3-4-13-29)21(17-9-10-19(25)20(26)14-17)27-22(30)18-6-5-11-28(15-18)23(31)16-7-8-16/h9-10,14,16,18,21H,3-8,11-13,15H2,1-2H3,(H,27,30)/t18-,21+/m1/s1. The van der Waals surface area contributed by atoms with E-state index in [0.29, 0.717) is 18.7 Å². The molecule has 1 saturated carbocycles. The molecule has 0 radical (unpaired) electrons. The largest absolute Gasteiger partial charge is 0.347 e. The topological polar surface area (TPSA) is 52.7 Å². The molecule has 2 aliphatic heterocycles. The summed E-state index contributed by atoms with van der Waals surface area (Å²) in [5, 5.41) is 3.16. The zero-order valence-electron chi connectivity index (χ0n) is 18.5. The first-order valence-electron chi connectivity index (χ1n) is 11.6. The lowest BCUT2D eigenvalue weighted by atomic mass is 9.85. The number of nitrogens with one attached hydrogen (secondary N) is 1. The molecule has 2 atom stereocenters. The van der Waals surface area contributed by atoms with E-state index in [1.54, 1.807) is 6.07 Å². The number of carbonyl (C=O) groups excluding carboxylic acids is 2. The third kappa shape index (κ3) is 4.76. The molecule has 1 N–H and O–H groups in total. The molecular weight excluding hydrogens is 400 g/mol. The van der Waals surface area contributed by atoms with Crippen LogP contribution in [-0.2, 0) is 9.59 Å². The van der Waals surface area contributed by atoms with Crippen LogP contribution in [0.25, 0.3) is 0 Å². The molecule has 1 aromatic rings. The first kappa shape index (κ1) is 22.2. The monoisotopic (exact) mass is 433 g/mol. The number of rotatable bonds is 6. The van der Waals surface area contributed by atoms with Crippen molar-refractivity contribution in [2.24, 2.45) is 11.8 Å². The average Bonchev–Trinajstić information content (AvgIpc) is 3.45.